The second-order valence-corrected chi connectivity index (χ2v) is 5.71. The molecule has 1 aromatic heterocycles. The molecule has 0 aliphatic rings. The monoisotopic (exact) mass is 291 g/mol. The molecule has 0 aliphatic carbocycles. The van der Waals surface area contributed by atoms with Crippen LogP contribution in [0.2, 0.25) is 0 Å². The Morgan fingerprint density at radius 3 is 2.15 bits per heavy atom. The summed E-state index contributed by atoms with van der Waals surface area (Å²) in [5, 5.41) is 0. The number of halogens is 3. The molecule has 1 rings (SSSR count). The van der Waals surface area contributed by atoms with E-state index in [1.807, 2.05) is 20.8 Å². The summed E-state index contributed by atoms with van der Waals surface area (Å²) in [6.07, 6.45) is -4.30. The zero-order valence-corrected chi connectivity index (χ0v) is 12.3. The SMILES string of the molecule is Cc1c(NN)nc(C(C)(C)C)nc1N(C)CC(F)(F)F. The van der Waals surface area contributed by atoms with E-state index in [4.69, 9.17) is 5.84 Å². The fourth-order valence-corrected chi connectivity index (χ4v) is 1.70. The first-order chi connectivity index (χ1) is 8.95. The van der Waals surface area contributed by atoms with E-state index in [0.717, 1.165) is 4.90 Å². The summed E-state index contributed by atoms with van der Waals surface area (Å²) in [5.74, 6) is 6.35. The quantitative estimate of drug-likeness (QED) is 0.661. The number of rotatable bonds is 3. The van der Waals surface area contributed by atoms with E-state index in [1.54, 1.807) is 6.92 Å². The van der Waals surface area contributed by atoms with Gasteiger partial charge in [-0.15, -0.1) is 0 Å². The Kier molecular flexibility index (Phi) is 4.48. The highest BCUT2D eigenvalue weighted by Gasteiger charge is 2.31. The molecule has 1 heterocycles. The van der Waals surface area contributed by atoms with Crippen LogP contribution in [0.4, 0.5) is 24.8 Å². The van der Waals surface area contributed by atoms with Crippen LogP contribution in [0.15, 0.2) is 0 Å². The van der Waals surface area contributed by atoms with Crippen molar-refractivity contribution in [3.63, 3.8) is 0 Å². The van der Waals surface area contributed by atoms with Crippen LogP contribution in [0.3, 0.4) is 0 Å². The van der Waals surface area contributed by atoms with Crippen LogP contribution in [0, 0.1) is 6.92 Å². The van der Waals surface area contributed by atoms with Crippen molar-refractivity contribution >= 4 is 11.6 Å². The van der Waals surface area contributed by atoms with E-state index in [1.165, 1.54) is 7.05 Å². The molecule has 0 saturated carbocycles. The van der Waals surface area contributed by atoms with Crippen molar-refractivity contribution < 1.29 is 13.2 Å². The number of anilines is 2. The van der Waals surface area contributed by atoms with Crippen LogP contribution in [0.25, 0.3) is 0 Å². The summed E-state index contributed by atoms with van der Waals surface area (Å²) in [7, 11) is 1.34. The van der Waals surface area contributed by atoms with Gasteiger partial charge in [0.15, 0.2) is 0 Å². The standard InChI is InChI=1S/C12H20F3N5/c1-7-8(19-16)17-10(11(2,3)4)18-9(7)20(5)6-12(13,14)15/h6,16H2,1-5H3,(H,17,18,19). The number of nitrogens with zero attached hydrogens (tertiary/aromatic N) is 3. The molecule has 114 valence electrons. The van der Waals surface area contributed by atoms with Gasteiger partial charge in [-0.05, 0) is 6.92 Å². The number of nitrogen functional groups attached to an aromatic ring is 1. The molecule has 0 atom stereocenters. The van der Waals surface area contributed by atoms with E-state index in [9.17, 15) is 13.2 Å². The number of hydrogen-bond acceptors (Lipinski definition) is 5. The lowest BCUT2D eigenvalue weighted by Gasteiger charge is -2.25. The van der Waals surface area contributed by atoms with Crippen LogP contribution < -0.4 is 16.2 Å². The third kappa shape index (κ3) is 3.96. The number of nitrogens with two attached hydrogens (primary N) is 1. The summed E-state index contributed by atoms with van der Waals surface area (Å²) >= 11 is 0. The van der Waals surface area contributed by atoms with Gasteiger partial charge in [0.25, 0.3) is 0 Å². The average Bonchev–Trinajstić information content (AvgIpc) is 2.25. The van der Waals surface area contributed by atoms with Crippen LogP contribution in [-0.2, 0) is 5.41 Å². The lowest BCUT2D eigenvalue weighted by atomic mass is 9.95. The largest absolute Gasteiger partial charge is 0.405 e. The second-order valence-electron chi connectivity index (χ2n) is 5.71. The number of alkyl halides is 3. The van der Waals surface area contributed by atoms with Gasteiger partial charge in [0.2, 0.25) is 0 Å². The van der Waals surface area contributed by atoms with Crippen LogP contribution in [0.5, 0.6) is 0 Å². The minimum absolute atomic E-state index is 0.218. The van der Waals surface area contributed by atoms with Crippen molar-refractivity contribution in [2.24, 2.45) is 5.84 Å². The maximum Gasteiger partial charge on any atom is 0.405 e. The third-order valence-electron chi connectivity index (χ3n) is 2.71. The van der Waals surface area contributed by atoms with Gasteiger partial charge in [0, 0.05) is 18.0 Å². The summed E-state index contributed by atoms with van der Waals surface area (Å²) in [4.78, 5) is 9.55. The highest BCUT2D eigenvalue weighted by Crippen LogP contribution is 2.29. The minimum Gasteiger partial charge on any atom is -0.350 e. The van der Waals surface area contributed by atoms with Gasteiger partial charge in [-0.25, -0.2) is 15.8 Å². The molecular weight excluding hydrogens is 271 g/mol. The van der Waals surface area contributed by atoms with E-state index in [0.29, 0.717) is 17.2 Å². The van der Waals surface area contributed by atoms with Crippen LogP contribution >= 0.6 is 0 Å². The normalized spacial score (nSPS) is 12.4. The highest BCUT2D eigenvalue weighted by atomic mass is 19.4. The summed E-state index contributed by atoms with van der Waals surface area (Å²) in [6.45, 7) is 6.19. The van der Waals surface area contributed by atoms with E-state index in [2.05, 4.69) is 15.4 Å². The van der Waals surface area contributed by atoms with E-state index >= 15 is 0 Å². The van der Waals surface area contributed by atoms with Crippen molar-refractivity contribution in [1.29, 1.82) is 0 Å². The molecule has 0 aromatic carbocycles. The summed E-state index contributed by atoms with van der Waals surface area (Å²) in [6, 6.07) is 0. The zero-order valence-electron chi connectivity index (χ0n) is 12.3. The molecule has 0 bridgehead atoms. The van der Waals surface area contributed by atoms with Gasteiger partial charge in [-0.2, -0.15) is 13.2 Å². The topological polar surface area (TPSA) is 67.1 Å². The molecular formula is C12H20F3N5. The maximum atomic E-state index is 12.5. The molecule has 20 heavy (non-hydrogen) atoms. The fraction of sp³-hybridized carbons (Fsp3) is 0.667. The Bertz CT molecular complexity index is 479. The predicted octanol–water partition coefficient (Wildman–Crippen LogP) is 2.37. The van der Waals surface area contributed by atoms with Gasteiger partial charge >= 0.3 is 6.18 Å². The van der Waals surface area contributed by atoms with Crippen LogP contribution in [0.1, 0.15) is 32.2 Å². The Hall–Kier alpha value is -1.57. The molecule has 0 unspecified atom stereocenters. The molecule has 5 nitrogen and oxygen atoms in total. The molecule has 0 aliphatic heterocycles. The van der Waals surface area contributed by atoms with Crippen molar-refractivity contribution in [2.75, 3.05) is 23.9 Å². The highest BCUT2D eigenvalue weighted by molar-refractivity contribution is 5.58. The number of hydrazine groups is 1. The number of hydrogen-bond donors (Lipinski definition) is 2. The second kappa shape index (κ2) is 5.43. The molecule has 0 spiro atoms. The number of aromatic nitrogens is 2. The average molecular weight is 291 g/mol. The number of nitrogens with one attached hydrogen (secondary N) is 1. The lowest BCUT2D eigenvalue weighted by Crippen LogP contribution is -2.33. The summed E-state index contributed by atoms with van der Waals surface area (Å²) < 4.78 is 37.5. The Labute approximate surface area is 116 Å². The van der Waals surface area contributed by atoms with Gasteiger partial charge in [-0.1, -0.05) is 20.8 Å². The molecule has 0 saturated heterocycles. The molecule has 1 aromatic rings. The smallest absolute Gasteiger partial charge is 0.350 e. The Morgan fingerprint density at radius 1 is 1.20 bits per heavy atom. The van der Waals surface area contributed by atoms with Crippen molar-refractivity contribution in [3.8, 4) is 0 Å². The first kappa shape index (κ1) is 16.5. The zero-order chi connectivity index (χ0) is 15.7. The molecule has 3 N–H and O–H groups in total. The fourth-order valence-electron chi connectivity index (χ4n) is 1.70. The Morgan fingerprint density at radius 2 is 1.75 bits per heavy atom. The summed E-state index contributed by atoms with van der Waals surface area (Å²) in [5.41, 5.74) is 2.49. The Balaban J connectivity index is 3.31. The predicted molar refractivity (Wildman–Crippen MR) is 72.6 cm³/mol. The molecule has 8 heteroatoms. The first-order valence-corrected chi connectivity index (χ1v) is 6.09. The van der Waals surface area contributed by atoms with Crippen LogP contribution in [-0.4, -0.2) is 29.7 Å². The van der Waals surface area contributed by atoms with Crippen molar-refractivity contribution in [2.45, 2.75) is 39.3 Å². The third-order valence-corrected chi connectivity index (χ3v) is 2.71. The molecule has 0 amide bonds. The van der Waals surface area contributed by atoms with Gasteiger partial charge in [0.1, 0.15) is 24.0 Å². The van der Waals surface area contributed by atoms with Gasteiger partial charge < -0.3 is 10.3 Å². The molecule has 0 radical (unpaired) electrons. The van der Waals surface area contributed by atoms with E-state index in [-0.39, 0.29) is 5.82 Å². The van der Waals surface area contributed by atoms with Gasteiger partial charge in [0.05, 0.1) is 0 Å². The lowest BCUT2D eigenvalue weighted by molar-refractivity contribution is -0.119. The minimum atomic E-state index is -4.30. The maximum absolute atomic E-state index is 12.5. The van der Waals surface area contributed by atoms with Crippen molar-refractivity contribution in [1.82, 2.24) is 9.97 Å². The first-order valence-electron chi connectivity index (χ1n) is 6.09. The van der Waals surface area contributed by atoms with E-state index < -0.39 is 18.1 Å². The van der Waals surface area contributed by atoms with Crippen molar-refractivity contribution in [3.05, 3.63) is 11.4 Å². The molecule has 0 fully saturated rings. The van der Waals surface area contributed by atoms with Gasteiger partial charge in [-0.3, -0.25) is 0 Å².